The van der Waals surface area contributed by atoms with E-state index in [1.807, 2.05) is 62.4 Å². The number of benzene rings is 3. The number of fused-ring (bicyclic) bond motifs is 1. The van der Waals surface area contributed by atoms with Crippen molar-refractivity contribution in [1.82, 2.24) is 19.8 Å². The smallest absolute Gasteiger partial charge is 0.240 e. The fraction of sp³-hybridized carbons (Fsp3) is 0.323. The monoisotopic (exact) mass is 576 g/mol. The van der Waals surface area contributed by atoms with Crippen LogP contribution < -0.4 is 11.1 Å². The third-order valence-electron chi connectivity index (χ3n) is 7.42. The normalized spacial score (nSPS) is 15.6. The lowest BCUT2D eigenvalue weighted by Crippen LogP contribution is -2.47. The molecule has 2 heterocycles. The third-order valence-corrected chi connectivity index (χ3v) is 7.93. The van der Waals surface area contributed by atoms with Crippen LogP contribution in [0.15, 0.2) is 72.8 Å². The zero-order valence-electron chi connectivity index (χ0n) is 22.7. The van der Waals surface area contributed by atoms with Gasteiger partial charge in [0.15, 0.2) is 0 Å². The van der Waals surface area contributed by atoms with E-state index >= 15 is 0 Å². The fourth-order valence-corrected chi connectivity index (χ4v) is 5.55. The molecule has 3 N–H and O–H groups in total. The molecule has 0 saturated carbocycles. The minimum atomic E-state index is -0.521. The topological polar surface area (TPSA) is 87.4 Å². The number of piperazine rings is 1. The van der Waals surface area contributed by atoms with Crippen LogP contribution in [0.3, 0.4) is 0 Å². The number of amides is 1. The summed E-state index contributed by atoms with van der Waals surface area (Å²) in [5, 5.41) is 5.62. The summed E-state index contributed by atoms with van der Waals surface area (Å²) in [6.07, 6.45) is 0. The second-order valence-corrected chi connectivity index (χ2v) is 11.5. The molecule has 1 fully saturated rings. The summed E-state index contributed by atoms with van der Waals surface area (Å²) in [6.45, 7) is 8.04. The van der Waals surface area contributed by atoms with Gasteiger partial charge in [-0.1, -0.05) is 73.4 Å². The van der Waals surface area contributed by atoms with Gasteiger partial charge in [0.25, 0.3) is 0 Å². The van der Waals surface area contributed by atoms with E-state index in [1.165, 1.54) is 11.1 Å². The van der Waals surface area contributed by atoms with Crippen LogP contribution in [-0.4, -0.2) is 57.9 Å². The van der Waals surface area contributed by atoms with Crippen LogP contribution in [0.4, 0.5) is 5.82 Å². The molecule has 1 aromatic heterocycles. The minimum Gasteiger partial charge on any atom is -0.368 e. The average Bonchev–Trinajstić information content (AvgIpc) is 2.94. The number of nitrogens with zero attached hydrogens (tertiary/aromatic N) is 4. The molecule has 0 aliphatic carbocycles. The first-order valence-electron chi connectivity index (χ1n) is 13.6. The third kappa shape index (κ3) is 6.56. The maximum Gasteiger partial charge on any atom is 0.240 e. The van der Waals surface area contributed by atoms with E-state index in [0.29, 0.717) is 18.2 Å². The Morgan fingerprint density at radius 2 is 1.45 bits per heavy atom. The summed E-state index contributed by atoms with van der Waals surface area (Å²) in [5.41, 5.74) is 8.92. The molecule has 5 rings (SSSR count). The number of nitrogens with two attached hydrogens (primary N) is 1. The summed E-state index contributed by atoms with van der Waals surface area (Å²) in [6, 6.07) is 23.6. The Morgan fingerprint density at radius 3 is 2.00 bits per heavy atom. The van der Waals surface area contributed by atoms with Crippen LogP contribution in [0.2, 0.25) is 10.0 Å². The van der Waals surface area contributed by atoms with Crippen molar-refractivity contribution in [2.24, 2.45) is 11.7 Å². The second-order valence-electron chi connectivity index (χ2n) is 10.6. The molecule has 4 aromatic rings. The predicted molar refractivity (Wildman–Crippen MR) is 163 cm³/mol. The van der Waals surface area contributed by atoms with Gasteiger partial charge in [-0.3, -0.25) is 14.6 Å². The van der Waals surface area contributed by atoms with Crippen LogP contribution in [0.5, 0.6) is 0 Å². The van der Waals surface area contributed by atoms with E-state index in [2.05, 4.69) is 39.4 Å². The lowest BCUT2D eigenvalue weighted by molar-refractivity contribution is -0.119. The molecule has 208 valence electrons. The van der Waals surface area contributed by atoms with E-state index in [4.69, 9.17) is 38.9 Å². The largest absolute Gasteiger partial charge is 0.368 e. The molecule has 0 bridgehead atoms. The molecular formula is C31H34Cl2N6O. The van der Waals surface area contributed by atoms with Crippen molar-refractivity contribution in [2.45, 2.75) is 32.5 Å². The maximum absolute atomic E-state index is 12.1. The molecule has 3 aromatic carbocycles. The first-order valence-corrected chi connectivity index (χ1v) is 14.3. The highest BCUT2D eigenvalue weighted by Gasteiger charge is 2.27. The van der Waals surface area contributed by atoms with Gasteiger partial charge in [-0.2, -0.15) is 0 Å². The standard InChI is InChI=1S/C31H34Cl2N6O/c1-20(2)28(30(34)40)37-31-25-5-3-4-6-26(25)35-27(36-31)19-38-15-17-39(18-16-38)29(21-7-11-23(32)12-8-21)22-9-13-24(33)14-10-22/h3-14,20,28-29H,15-19H2,1-2H3,(H2,34,40)(H,35,36,37)/t28-/m0/s1. The number of halogens is 2. The summed E-state index contributed by atoms with van der Waals surface area (Å²) >= 11 is 12.4. The Labute approximate surface area is 245 Å². The van der Waals surface area contributed by atoms with Crippen molar-refractivity contribution in [3.05, 3.63) is 99.8 Å². The molecule has 1 atom stereocenters. The number of para-hydroxylation sites is 1. The van der Waals surface area contributed by atoms with Gasteiger partial charge in [-0.25, -0.2) is 9.97 Å². The molecule has 1 aliphatic heterocycles. The fourth-order valence-electron chi connectivity index (χ4n) is 5.30. The number of anilines is 1. The van der Waals surface area contributed by atoms with Crippen molar-refractivity contribution in [3.63, 3.8) is 0 Å². The zero-order chi connectivity index (χ0) is 28.2. The summed E-state index contributed by atoms with van der Waals surface area (Å²) in [7, 11) is 0. The predicted octanol–water partition coefficient (Wildman–Crippen LogP) is 5.77. The SMILES string of the molecule is CC(C)[C@H](Nc1nc(CN2CCN(C(c3ccc(Cl)cc3)c3ccc(Cl)cc3)CC2)nc2ccccc12)C(N)=O. The van der Waals surface area contributed by atoms with Crippen molar-refractivity contribution in [2.75, 3.05) is 31.5 Å². The number of aromatic nitrogens is 2. The van der Waals surface area contributed by atoms with Crippen LogP contribution in [0.1, 0.15) is 36.8 Å². The highest BCUT2D eigenvalue weighted by Crippen LogP contribution is 2.31. The van der Waals surface area contributed by atoms with E-state index in [-0.39, 0.29) is 12.0 Å². The minimum absolute atomic E-state index is 0.0250. The van der Waals surface area contributed by atoms with Gasteiger partial charge in [-0.15, -0.1) is 0 Å². The summed E-state index contributed by atoms with van der Waals surface area (Å²) in [5.74, 6) is 0.985. The summed E-state index contributed by atoms with van der Waals surface area (Å²) in [4.78, 5) is 26.7. The number of primary amides is 1. The lowest BCUT2D eigenvalue weighted by Gasteiger charge is -2.39. The van der Waals surface area contributed by atoms with E-state index in [1.54, 1.807) is 0 Å². The van der Waals surface area contributed by atoms with Crippen LogP contribution >= 0.6 is 23.2 Å². The molecule has 1 amide bonds. The molecule has 1 saturated heterocycles. The molecule has 9 heteroatoms. The van der Waals surface area contributed by atoms with E-state index < -0.39 is 11.9 Å². The molecule has 40 heavy (non-hydrogen) atoms. The van der Waals surface area contributed by atoms with Gasteiger partial charge in [0.1, 0.15) is 17.7 Å². The van der Waals surface area contributed by atoms with E-state index in [9.17, 15) is 4.79 Å². The highest BCUT2D eigenvalue weighted by atomic mass is 35.5. The average molecular weight is 578 g/mol. The number of nitrogens with one attached hydrogen (secondary N) is 1. The number of rotatable bonds is 9. The Morgan fingerprint density at radius 1 is 0.875 bits per heavy atom. The quantitative estimate of drug-likeness (QED) is 0.263. The van der Waals surface area contributed by atoms with Gasteiger partial charge in [-0.05, 0) is 53.4 Å². The van der Waals surface area contributed by atoms with Crippen LogP contribution in [-0.2, 0) is 11.3 Å². The van der Waals surface area contributed by atoms with Gasteiger partial charge in [0.05, 0.1) is 18.1 Å². The first kappa shape index (κ1) is 28.3. The lowest BCUT2D eigenvalue weighted by atomic mass is 9.96. The number of hydrogen-bond acceptors (Lipinski definition) is 6. The first-order chi connectivity index (χ1) is 19.3. The number of carbonyl (C=O) groups is 1. The Balaban J connectivity index is 1.34. The number of hydrogen-bond donors (Lipinski definition) is 2. The maximum atomic E-state index is 12.1. The number of carbonyl (C=O) groups excluding carboxylic acids is 1. The van der Waals surface area contributed by atoms with Crippen molar-refractivity contribution in [3.8, 4) is 0 Å². The Bertz CT molecular complexity index is 1410. The van der Waals surface area contributed by atoms with Gasteiger partial charge < -0.3 is 11.1 Å². The van der Waals surface area contributed by atoms with Crippen molar-refractivity contribution >= 4 is 45.8 Å². The van der Waals surface area contributed by atoms with Crippen molar-refractivity contribution < 1.29 is 4.79 Å². The Kier molecular flexibility index (Phi) is 8.86. The van der Waals surface area contributed by atoms with Crippen LogP contribution in [0.25, 0.3) is 10.9 Å². The van der Waals surface area contributed by atoms with Crippen LogP contribution in [0, 0.1) is 5.92 Å². The van der Waals surface area contributed by atoms with Gasteiger partial charge >= 0.3 is 0 Å². The Hall–Kier alpha value is -3.23. The highest BCUT2D eigenvalue weighted by molar-refractivity contribution is 6.30. The molecule has 7 nitrogen and oxygen atoms in total. The molecule has 1 aliphatic rings. The molecule has 0 spiro atoms. The van der Waals surface area contributed by atoms with Crippen molar-refractivity contribution in [1.29, 1.82) is 0 Å². The summed E-state index contributed by atoms with van der Waals surface area (Å²) < 4.78 is 0. The zero-order valence-corrected chi connectivity index (χ0v) is 24.2. The molecule has 0 unspecified atom stereocenters. The molecule has 0 radical (unpaired) electrons. The molecular weight excluding hydrogens is 543 g/mol. The van der Waals surface area contributed by atoms with E-state index in [0.717, 1.165) is 47.1 Å². The van der Waals surface area contributed by atoms with Gasteiger partial charge in [0, 0.05) is 41.6 Å². The second kappa shape index (κ2) is 12.5. The van der Waals surface area contributed by atoms with Gasteiger partial charge in [0.2, 0.25) is 5.91 Å².